The maximum Gasteiger partial charge on any atom is 0.416 e. The Kier molecular flexibility index (Phi) is 4.34. The standard InChI is InChI=1S/C16H8Cl2F3N5O/c17-9-3-7(16(19,20)21)4-10(18)12(9)26-13(15(1-2-15)14(24)27)8(5-22)11(6-23)25-26/h3-4H,1-2H2,(H2,24,27). The van der Waals surface area contributed by atoms with E-state index in [9.17, 15) is 28.5 Å². The molecule has 1 amide bonds. The van der Waals surface area contributed by atoms with Crippen LogP contribution in [-0.4, -0.2) is 15.7 Å². The van der Waals surface area contributed by atoms with Crippen LogP contribution in [0.1, 0.15) is 35.4 Å². The van der Waals surface area contributed by atoms with E-state index in [2.05, 4.69) is 5.10 Å². The molecule has 1 saturated carbocycles. The van der Waals surface area contributed by atoms with Gasteiger partial charge in [0.25, 0.3) is 0 Å². The second-order valence-electron chi connectivity index (χ2n) is 5.94. The van der Waals surface area contributed by atoms with Gasteiger partial charge < -0.3 is 5.73 Å². The molecule has 2 N–H and O–H groups in total. The average Bonchev–Trinajstić information content (AvgIpc) is 3.29. The van der Waals surface area contributed by atoms with Crippen LogP contribution >= 0.6 is 23.2 Å². The van der Waals surface area contributed by atoms with Crippen molar-refractivity contribution in [1.29, 1.82) is 10.5 Å². The fourth-order valence-corrected chi connectivity index (χ4v) is 3.51. The van der Waals surface area contributed by atoms with Crippen molar-refractivity contribution in [3.8, 4) is 17.8 Å². The SMILES string of the molecule is N#Cc1nn(-c2c(Cl)cc(C(F)(F)F)cc2Cl)c(C2(C(N)=O)CC2)c1C#N. The van der Waals surface area contributed by atoms with Crippen molar-refractivity contribution >= 4 is 29.1 Å². The van der Waals surface area contributed by atoms with Crippen molar-refractivity contribution in [3.05, 3.63) is 44.7 Å². The van der Waals surface area contributed by atoms with Crippen molar-refractivity contribution < 1.29 is 18.0 Å². The smallest absolute Gasteiger partial charge is 0.369 e. The topological polar surface area (TPSA) is 108 Å². The number of amides is 1. The van der Waals surface area contributed by atoms with Crippen LogP contribution < -0.4 is 5.73 Å². The Morgan fingerprint density at radius 3 is 2.15 bits per heavy atom. The summed E-state index contributed by atoms with van der Waals surface area (Å²) < 4.78 is 39.8. The molecule has 1 aliphatic carbocycles. The summed E-state index contributed by atoms with van der Waals surface area (Å²) in [5, 5.41) is 21.8. The van der Waals surface area contributed by atoms with Crippen molar-refractivity contribution in [1.82, 2.24) is 9.78 Å². The number of primary amides is 1. The van der Waals surface area contributed by atoms with Gasteiger partial charge in [0.2, 0.25) is 5.91 Å². The van der Waals surface area contributed by atoms with Crippen LogP contribution in [0.3, 0.4) is 0 Å². The van der Waals surface area contributed by atoms with Crippen LogP contribution in [0, 0.1) is 22.7 Å². The first-order chi connectivity index (χ1) is 12.6. The Hall–Kier alpha value is -2.75. The molecule has 1 aliphatic rings. The molecule has 6 nitrogen and oxygen atoms in total. The number of rotatable bonds is 3. The van der Waals surface area contributed by atoms with Gasteiger partial charge in [-0.15, -0.1) is 0 Å². The van der Waals surface area contributed by atoms with Gasteiger partial charge in [0.15, 0.2) is 5.69 Å². The van der Waals surface area contributed by atoms with Gasteiger partial charge in [0, 0.05) is 0 Å². The highest BCUT2D eigenvalue weighted by molar-refractivity contribution is 6.37. The first kappa shape index (κ1) is 19.0. The van der Waals surface area contributed by atoms with Gasteiger partial charge in [-0.3, -0.25) is 4.79 Å². The molecule has 0 radical (unpaired) electrons. The fourth-order valence-electron chi connectivity index (χ4n) is 2.86. The van der Waals surface area contributed by atoms with Crippen molar-refractivity contribution in [2.75, 3.05) is 0 Å². The molecule has 0 unspecified atom stereocenters. The molecule has 2 aromatic rings. The van der Waals surface area contributed by atoms with E-state index in [4.69, 9.17) is 28.9 Å². The molecule has 27 heavy (non-hydrogen) atoms. The molecule has 3 rings (SSSR count). The summed E-state index contributed by atoms with van der Waals surface area (Å²) in [6, 6.07) is 4.82. The summed E-state index contributed by atoms with van der Waals surface area (Å²) >= 11 is 12.0. The van der Waals surface area contributed by atoms with E-state index < -0.39 is 33.1 Å². The molecule has 1 aromatic heterocycles. The van der Waals surface area contributed by atoms with Crippen LogP contribution in [0.4, 0.5) is 13.2 Å². The highest BCUT2D eigenvalue weighted by Gasteiger charge is 2.55. The second-order valence-corrected chi connectivity index (χ2v) is 6.75. The zero-order chi connectivity index (χ0) is 20.1. The second kappa shape index (κ2) is 6.15. The Labute approximate surface area is 160 Å². The molecule has 1 heterocycles. The van der Waals surface area contributed by atoms with Crippen molar-refractivity contribution in [3.63, 3.8) is 0 Å². The summed E-state index contributed by atoms with van der Waals surface area (Å²) in [6.45, 7) is 0. The molecule has 1 aromatic carbocycles. The summed E-state index contributed by atoms with van der Waals surface area (Å²) in [5.41, 5.74) is 2.44. The first-order valence-electron chi connectivity index (χ1n) is 7.37. The number of aromatic nitrogens is 2. The number of hydrogen-bond donors (Lipinski definition) is 1. The largest absolute Gasteiger partial charge is 0.416 e. The third kappa shape index (κ3) is 2.89. The van der Waals surface area contributed by atoms with E-state index in [1.54, 1.807) is 12.1 Å². The lowest BCUT2D eigenvalue weighted by molar-refractivity contribution is -0.137. The van der Waals surface area contributed by atoms with Gasteiger partial charge in [0.1, 0.15) is 23.4 Å². The highest BCUT2D eigenvalue weighted by Crippen LogP contribution is 2.51. The number of hydrogen-bond acceptors (Lipinski definition) is 4. The van der Waals surface area contributed by atoms with Gasteiger partial charge in [0.05, 0.1) is 26.7 Å². The Morgan fingerprint density at radius 2 is 1.78 bits per heavy atom. The quantitative estimate of drug-likeness (QED) is 0.830. The Bertz CT molecular complexity index is 1030. The monoisotopic (exact) mass is 413 g/mol. The van der Waals surface area contributed by atoms with Gasteiger partial charge in [-0.05, 0) is 25.0 Å². The number of halogens is 5. The van der Waals surface area contributed by atoms with Crippen LogP contribution in [0.15, 0.2) is 12.1 Å². The minimum absolute atomic E-state index is 0.00221. The van der Waals surface area contributed by atoms with E-state index in [0.29, 0.717) is 25.0 Å². The molecule has 1 fully saturated rings. The van der Waals surface area contributed by atoms with Gasteiger partial charge in [-0.1, -0.05) is 23.2 Å². The number of carbonyl (C=O) groups excluding carboxylic acids is 1. The van der Waals surface area contributed by atoms with E-state index in [1.165, 1.54) is 0 Å². The molecule has 0 aliphatic heterocycles. The first-order valence-corrected chi connectivity index (χ1v) is 8.12. The number of carbonyl (C=O) groups is 1. The zero-order valence-electron chi connectivity index (χ0n) is 13.2. The summed E-state index contributed by atoms with van der Waals surface area (Å²) in [7, 11) is 0. The number of nitriles is 2. The molecule has 0 bridgehead atoms. The minimum Gasteiger partial charge on any atom is -0.369 e. The summed E-state index contributed by atoms with van der Waals surface area (Å²) in [5.74, 6) is -0.746. The van der Waals surface area contributed by atoms with Crippen molar-refractivity contribution in [2.24, 2.45) is 5.73 Å². The van der Waals surface area contributed by atoms with E-state index in [1.807, 2.05) is 0 Å². The molecule has 0 saturated heterocycles. The lowest BCUT2D eigenvalue weighted by Gasteiger charge is -2.17. The molecule has 138 valence electrons. The predicted octanol–water partition coefficient (Wildman–Crippen LogP) is 3.46. The predicted molar refractivity (Wildman–Crippen MR) is 88.1 cm³/mol. The Balaban J connectivity index is 2.35. The maximum atomic E-state index is 13.0. The molecular formula is C16H8Cl2F3N5O. The third-order valence-electron chi connectivity index (χ3n) is 4.33. The van der Waals surface area contributed by atoms with Crippen LogP contribution in [0.2, 0.25) is 10.0 Å². The molecule has 11 heteroatoms. The maximum absolute atomic E-state index is 13.0. The van der Waals surface area contributed by atoms with E-state index >= 15 is 0 Å². The number of alkyl halides is 3. The normalized spacial score (nSPS) is 15.1. The summed E-state index contributed by atoms with van der Waals surface area (Å²) in [6.07, 6.45) is -4.09. The molecular weight excluding hydrogens is 406 g/mol. The average molecular weight is 414 g/mol. The van der Waals surface area contributed by atoms with Gasteiger partial charge >= 0.3 is 6.18 Å². The number of nitrogens with zero attached hydrogens (tertiary/aromatic N) is 4. The molecule has 0 atom stereocenters. The van der Waals surface area contributed by atoms with Gasteiger partial charge in [-0.25, -0.2) is 4.68 Å². The van der Waals surface area contributed by atoms with Crippen molar-refractivity contribution in [2.45, 2.75) is 24.4 Å². The fraction of sp³-hybridized carbons (Fsp3) is 0.250. The van der Waals surface area contributed by atoms with E-state index in [0.717, 1.165) is 4.68 Å². The van der Waals surface area contributed by atoms with Crippen LogP contribution in [0.25, 0.3) is 5.69 Å². The number of benzene rings is 1. The van der Waals surface area contributed by atoms with Gasteiger partial charge in [-0.2, -0.15) is 28.8 Å². The minimum atomic E-state index is -4.68. The zero-order valence-corrected chi connectivity index (χ0v) is 14.7. The Morgan fingerprint density at radius 1 is 1.22 bits per heavy atom. The van der Waals surface area contributed by atoms with E-state index in [-0.39, 0.29) is 22.6 Å². The van der Waals surface area contributed by atoms with Crippen LogP contribution in [-0.2, 0) is 16.4 Å². The number of nitrogens with two attached hydrogens (primary N) is 1. The molecule has 0 spiro atoms. The van der Waals surface area contributed by atoms with Crippen LogP contribution in [0.5, 0.6) is 0 Å². The lowest BCUT2D eigenvalue weighted by atomic mass is 9.96. The third-order valence-corrected chi connectivity index (χ3v) is 4.91. The summed E-state index contributed by atoms with van der Waals surface area (Å²) in [4.78, 5) is 12.0. The lowest BCUT2D eigenvalue weighted by Crippen LogP contribution is -2.31. The highest BCUT2D eigenvalue weighted by atomic mass is 35.5.